The number of aromatic nitrogens is 3. The predicted octanol–water partition coefficient (Wildman–Crippen LogP) is 4.56. The minimum Gasteiger partial charge on any atom is -0.497 e. The van der Waals surface area contributed by atoms with Crippen LogP contribution in [0.4, 0.5) is 5.69 Å². The molecular weight excluding hydrogens is 376 g/mol. The highest BCUT2D eigenvalue weighted by Crippen LogP contribution is 2.26. The molecule has 150 valence electrons. The van der Waals surface area contributed by atoms with Gasteiger partial charge in [0.05, 0.1) is 31.1 Å². The van der Waals surface area contributed by atoms with E-state index in [1.807, 2.05) is 67.6 Å². The fraction of sp³-hybridized carbons (Fsp3) is 0.125. The number of carbonyl (C=O) groups excluding carboxylic acids is 1. The molecule has 0 spiro atoms. The third kappa shape index (κ3) is 4.22. The van der Waals surface area contributed by atoms with Gasteiger partial charge in [0.15, 0.2) is 0 Å². The van der Waals surface area contributed by atoms with E-state index in [0.717, 1.165) is 22.4 Å². The normalized spacial score (nSPS) is 10.6. The van der Waals surface area contributed by atoms with E-state index < -0.39 is 0 Å². The van der Waals surface area contributed by atoms with E-state index in [0.29, 0.717) is 23.5 Å². The van der Waals surface area contributed by atoms with Gasteiger partial charge in [-0.25, -0.2) is 0 Å². The van der Waals surface area contributed by atoms with Crippen LogP contribution < -0.4 is 10.1 Å². The van der Waals surface area contributed by atoms with Gasteiger partial charge in [-0.3, -0.25) is 14.5 Å². The summed E-state index contributed by atoms with van der Waals surface area (Å²) in [6.07, 6.45) is 5.13. The van der Waals surface area contributed by atoms with Gasteiger partial charge in [0.25, 0.3) is 5.91 Å². The van der Waals surface area contributed by atoms with E-state index in [4.69, 9.17) is 9.84 Å². The maximum Gasteiger partial charge on any atom is 0.259 e. The summed E-state index contributed by atoms with van der Waals surface area (Å²) in [5.74, 6) is 0.524. The van der Waals surface area contributed by atoms with Gasteiger partial charge >= 0.3 is 0 Å². The van der Waals surface area contributed by atoms with Gasteiger partial charge in [-0.1, -0.05) is 30.3 Å². The highest BCUT2D eigenvalue weighted by molar-refractivity contribution is 6.08. The van der Waals surface area contributed by atoms with E-state index in [1.165, 1.54) is 0 Å². The monoisotopic (exact) mass is 398 g/mol. The zero-order valence-corrected chi connectivity index (χ0v) is 16.9. The van der Waals surface area contributed by atoms with E-state index >= 15 is 0 Å². The van der Waals surface area contributed by atoms with Crippen molar-refractivity contribution in [1.29, 1.82) is 0 Å². The van der Waals surface area contributed by atoms with Crippen molar-refractivity contribution >= 4 is 11.6 Å². The molecule has 2 aromatic carbocycles. The minimum atomic E-state index is -0.226. The summed E-state index contributed by atoms with van der Waals surface area (Å²) in [6, 6.07) is 19.4. The molecule has 4 rings (SSSR count). The average molecular weight is 398 g/mol. The number of methoxy groups -OCH3 is 1. The first-order valence-corrected chi connectivity index (χ1v) is 9.62. The van der Waals surface area contributed by atoms with Crippen molar-refractivity contribution in [3.8, 4) is 17.0 Å². The van der Waals surface area contributed by atoms with E-state index in [2.05, 4.69) is 10.3 Å². The minimum absolute atomic E-state index is 0.226. The van der Waals surface area contributed by atoms with Crippen molar-refractivity contribution in [2.45, 2.75) is 13.5 Å². The number of aryl methyl sites for hydroxylation is 1. The van der Waals surface area contributed by atoms with Gasteiger partial charge in [-0.15, -0.1) is 0 Å². The molecule has 0 aliphatic carbocycles. The fourth-order valence-electron chi connectivity index (χ4n) is 3.19. The van der Waals surface area contributed by atoms with Gasteiger partial charge in [0, 0.05) is 18.0 Å². The Bertz CT molecular complexity index is 1150. The van der Waals surface area contributed by atoms with Gasteiger partial charge < -0.3 is 10.1 Å². The van der Waals surface area contributed by atoms with E-state index in [9.17, 15) is 4.79 Å². The number of ether oxygens (including phenoxy) is 1. The number of hydrogen-bond donors (Lipinski definition) is 1. The maximum absolute atomic E-state index is 13.1. The Hall–Kier alpha value is -3.93. The summed E-state index contributed by atoms with van der Waals surface area (Å²) >= 11 is 0. The Morgan fingerprint density at radius 1 is 1.07 bits per heavy atom. The number of carbonyl (C=O) groups is 1. The number of pyridine rings is 1. The summed E-state index contributed by atoms with van der Waals surface area (Å²) < 4.78 is 7.04. The second-order valence-electron chi connectivity index (χ2n) is 6.95. The van der Waals surface area contributed by atoms with Crippen molar-refractivity contribution < 1.29 is 9.53 Å². The molecule has 0 radical (unpaired) electrons. The number of anilines is 1. The molecule has 6 nitrogen and oxygen atoms in total. The Labute approximate surface area is 175 Å². The number of nitrogens with one attached hydrogen (secondary N) is 1. The lowest BCUT2D eigenvalue weighted by Crippen LogP contribution is -2.13. The molecular formula is C24H22N4O2. The van der Waals surface area contributed by atoms with E-state index in [-0.39, 0.29) is 5.91 Å². The summed E-state index contributed by atoms with van der Waals surface area (Å²) in [6.45, 7) is 2.50. The standard InChI is InChI=1S/C24H22N4O2/c1-17-12-13-25-14-22(17)26-24(29)21-16-28(15-18-6-4-3-5-7-18)27-23(21)19-8-10-20(30-2)11-9-19/h3-14,16H,15H2,1-2H3,(H,26,29). The highest BCUT2D eigenvalue weighted by Gasteiger charge is 2.19. The molecule has 0 unspecified atom stereocenters. The number of amides is 1. The molecule has 0 saturated carbocycles. The zero-order chi connectivity index (χ0) is 20.9. The molecule has 0 atom stereocenters. The Morgan fingerprint density at radius 2 is 1.83 bits per heavy atom. The van der Waals surface area contributed by atoms with Crippen molar-refractivity contribution in [1.82, 2.24) is 14.8 Å². The molecule has 4 aromatic rings. The fourth-order valence-corrected chi connectivity index (χ4v) is 3.19. The van der Waals surface area contributed by atoms with Crippen LogP contribution in [0.3, 0.4) is 0 Å². The number of hydrogen-bond acceptors (Lipinski definition) is 4. The van der Waals surface area contributed by atoms with Gasteiger partial charge in [-0.2, -0.15) is 5.10 Å². The van der Waals surface area contributed by atoms with Crippen molar-refractivity contribution in [2.24, 2.45) is 0 Å². The lowest BCUT2D eigenvalue weighted by molar-refractivity contribution is 0.102. The molecule has 0 aliphatic heterocycles. The SMILES string of the molecule is COc1ccc(-c2nn(Cc3ccccc3)cc2C(=O)Nc2cnccc2C)cc1. The summed E-state index contributed by atoms with van der Waals surface area (Å²) in [5, 5.41) is 7.67. The molecule has 0 bridgehead atoms. The average Bonchev–Trinajstić information content (AvgIpc) is 3.20. The number of rotatable bonds is 6. The molecule has 0 fully saturated rings. The number of nitrogens with zero attached hydrogens (tertiary/aromatic N) is 3. The summed E-state index contributed by atoms with van der Waals surface area (Å²) in [4.78, 5) is 17.2. The largest absolute Gasteiger partial charge is 0.497 e. The quantitative estimate of drug-likeness (QED) is 0.517. The van der Waals surface area contributed by atoms with Crippen molar-refractivity contribution in [2.75, 3.05) is 12.4 Å². The van der Waals surface area contributed by atoms with Crippen LogP contribution in [0, 0.1) is 6.92 Å². The topological polar surface area (TPSA) is 69.0 Å². The first-order valence-electron chi connectivity index (χ1n) is 9.62. The van der Waals surface area contributed by atoms with Crippen LogP contribution >= 0.6 is 0 Å². The molecule has 1 amide bonds. The molecule has 0 saturated heterocycles. The molecule has 2 aromatic heterocycles. The summed E-state index contributed by atoms with van der Waals surface area (Å²) in [7, 11) is 1.62. The summed E-state index contributed by atoms with van der Waals surface area (Å²) in [5.41, 5.74) is 4.69. The Morgan fingerprint density at radius 3 is 2.53 bits per heavy atom. The van der Waals surface area contributed by atoms with Crippen LogP contribution in [0.2, 0.25) is 0 Å². The molecule has 6 heteroatoms. The molecule has 1 N–H and O–H groups in total. The first kappa shape index (κ1) is 19.4. The lowest BCUT2D eigenvalue weighted by atomic mass is 10.1. The molecule has 0 aliphatic rings. The van der Waals surface area contributed by atoms with Crippen LogP contribution in [-0.2, 0) is 6.54 Å². The van der Waals surface area contributed by atoms with Gasteiger partial charge in [-0.05, 0) is 48.4 Å². The Balaban J connectivity index is 1.70. The van der Waals surface area contributed by atoms with Crippen LogP contribution in [0.15, 0.2) is 79.3 Å². The molecule has 30 heavy (non-hydrogen) atoms. The number of benzene rings is 2. The predicted molar refractivity (Wildman–Crippen MR) is 117 cm³/mol. The van der Waals surface area contributed by atoms with Gasteiger partial charge in [0.1, 0.15) is 11.4 Å². The third-order valence-electron chi connectivity index (χ3n) is 4.84. The Kier molecular flexibility index (Phi) is 5.57. The van der Waals surface area contributed by atoms with Crippen molar-refractivity contribution in [3.63, 3.8) is 0 Å². The van der Waals surface area contributed by atoms with Crippen LogP contribution in [0.5, 0.6) is 5.75 Å². The smallest absolute Gasteiger partial charge is 0.259 e. The second-order valence-corrected chi connectivity index (χ2v) is 6.95. The van der Waals surface area contributed by atoms with Crippen molar-refractivity contribution in [3.05, 3.63) is 95.9 Å². The van der Waals surface area contributed by atoms with Gasteiger partial charge in [0.2, 0.25) is 0 Å². The van der Waals surface area contributed by atoms with Crippen LogP contribution in [0.1, 0.15) is 21.5 Å². The lowest BCUT2D eigenvalue weighted by Gasteiger charge is -2.08. The second kappa shape index (κ2) is 8.61. The molecule has 2 heterocycles. The first-order chi connectivity index (χ1) is 14.6. The van der Waals surface area contributed by atoms with Crippen LogP contribution in [0.25, 0.3) is 11.3 Å². The van der Waals surface area contributed by atoms with E-state index in [1.54, 1.807) is 30.4 Å². The van der Waals surface area contributed by atoms with Crippen LogP contribution in [-0.4, -0.2) is 27.8 Å². The third-order valence-corrected chi connectivity index (χ3v) is 4.84. The maximum atomic E-state index is 13.1. The zero-order valence-electron chi connectivity index (χ0n) is 16.9. The highest BCUT2D eigenvalue weighted by atomic mass is 16.5.